The Morgan fingerprint density at radius 3 is 2.32 bits per heavy atom. The quantitative estimate of drug-likeness (QED) is 0.796. The molecule has 4 heteroatoms. The maximum absolute atomic E-state index is 12.6. The fraction of sp³-hybridized carbons (Fsp3) is 0.381. The molecule has 4 nitrogen and oxygen atoms in total. The van der Waals surface area contributed by atoms with Crippen molar-refractivity contribution in [1.29, 1.82) is 0 Å². The fourth-order valence-corrected chi connectivity index (χ4v) is 2.74. The molecule has 0 aliphatic carbocycles. The largest absolute Gasteiger partial charge is 0.496 e. The van der Waals surface area contributed by atoms with Gasteiger partial charge in [0.25, 0.3) is 5.91 Å². The smallest absolute Gasteiger partial charge is 0.251 e. The zero-order chi connectivity index (χ0) is 18.4. The molecule has 134 valence electrons. The third-order valence-corrected chi connectivity index (χ3v) is 4.02. The summed E-state index contributed by atoms with van der Waals surface area (Å²) in [5.74, 6) is 1.53. The van der Waals surface area contributed by atoms with Crippen LogP contribution in [0.5, 0.6) is 11.5 Å². The number of hydrogen-bond acceptors (Lipinski definition) is 3. The number of amides is 1. The van der Waals surface area contributed by atoms with E-state index in [1.165, 1.54) is 0 Å². The highest BCUT2D eigenvalue weighted by Gasteiger charge is 2.15. The molecule has 0 saturated carbocycles. The number of rotatable bonds is 7. The topological polar surface area (TPSA) is 47.6 Å². The van der Waals surface area contributed by atoms with Crippen LogP contribution in [0.4, 0.5) is 0 Å². The van der Waals surface area contributed by atoms with Crippen molar-refractivity contribution in [3.63, 3.8) is 0 Å². The highest BCUT2D eigenvalue weighted by atomic mass is 16.5. The van der Waals surface area contributed by atoms with Gasteiger partial charge in [-0.1, -0.05) is 19.1 Å². The first-order chi connectivity index (χ1) is 11.9. The summed E-state index contributed by atoms with van der Waals surface area (Å²) in [5.41, 5.74) is 2.76. The summed E-state index contributed by atoms with van der Waals surface area (Å²) >= 11 is 0. The Balaban J connectivity index is 2.10. The van der Waals surface area contributed by atoms with Crippen molar-refractivity contribution in [3.05, 3.63) is 59.2 Å². The summed E-state index contributed by atoms with van der Waals surface area (Å²) in [4.78, 5) is 12.6. The predicted octanol–water partition coefficient (Wildman–Crippen LogP) is 4.67. The lowest BCUT2D eigenvalue weighted by atomic mass is 10.0. The summed E-state index contributed by atoms with van der Waals surface area (Å²) in [7, 11) is 1.66. The summed E-state index contributed by atoms with van der Waals surface area (Å²) in [6.45, 7) is 8.01. The Kier molecular flexibility index (Phi) is 6.45. The lowest BCUT2D eigenvalue weighted by Gasteiger charge is -2.19. The highest BCUT2D eigenvalue weighted by Crippen LogP contribution is 2.24. The molecule has 0 radical (unpaired) electrons. The van der Waals surface area contributed by atoms with Crippen LogP contribution in [0.25, 0.3) is 0 Å². The van der Waals surface area contributed by atoms with E-state index < -0.39 is 0 Å². The van der Waals surface area contributed by atoms with Crippen LogP contribution >= 0.6 is 0 Å². The minimum atomic E-state index is -0.0866. The zero-order valence-corrected chi connectivity index (χ0v) is 15.6. The molecule has 1 atom stereocenters. The first kappa shape index (κ1) is 18.8. The Morgan fingerprint density at radius 2 is 1.80 bits per heavy atom. The Bertz CT molecular complexity index is 708. The van der Waals surface area contributed by atoms with E-state index in [2.05, 4.69) is 18.3 Å². The van der Waals surface area contributed by atoms with Crippen LogP contribution in [-0.2, 0) is 0 Å². The third kappa shape index (κ3) is 4.99. The van der Waals surface area contributed by atoms with Gasteiger partial charge >= 0.3 is 0 Å². The van der Waals surface area contributed by atoms with Crippen molar-refractivity contribution in [1.82, 2.24) is 5.32 Å². The van der Waals surface area contributed by atoms with Gasteiger partial charge in [-0.25, -0.2) is 0 Å². The second-order valence-corrected chi connectivity index (χ2v) is 6.35. The summed E-state index contributed by atoms with van der Waals surface area (Å²) in [5, 5.41) is 3.10. The molecule has 0 unspecified atom stereocenters. The minimum absolute atomic E-state index is 0.0382. The van der Waals surface area contributed by atoms with Crippen molar-refractivity contribution in [2.24, 2.45) is 0 Å². The maximum Gasteiger partial charge on any atom is 0.251 e. The molecule has 1 amide bonds. The second kappa shape index (κ2) is 8.56. The maximum atomic E-state index is 12.6. The van der Waals surface area contributed by atoms with Gasteiger partial charge in [-0.2, -0.15) is 0 Å². The van der Waals surface area contributed by atoms with Crippen molar-refractivity contribution in [3.8, 4) is 11.5 Å². The number of aryl methyl sites for hydroxylation is 1. The van der Waals surface area contributed by atoms with Gasteiger partial charge in [0.1, 0.15) is 11.5 Å². The number of methoxy groups -OCH3 is 1. The SMILES string of the molecule is CC[C@@H](NC(=O)c1ccc(OC(C)C)cc1)c1ccc(OC)c(C)c1. The van der Waals surface area contributed by atoms with E-state index in [0.29, 0.717) is 5.56 Å². The van der Waals surface area contributed by atoms with Gasteiger partial charge in [0.05, 0.1) is 19.3 Å². The van der Waals surface area contributed by atoms with Crippen LogP contribution in [0.3, 0.4) is 0 Å². The molecule has 0 bridgehead atoms. The van der Waals surface area contributed by atoms with Gasteiger partial charge in [0.2, 0.25) is 0 Å². The molecule has 0 heterocycles. The average Bonchev–Trinajstić information content (AvgIpc) is 2.59. The van der Waals surface area contributed by atoms with Gasteiger partial charge in [0.15, 0.2) is 0 Å². The Labute approximate surface area is 150 Å². The number of benzene rings is 2. The van der Waals surface area contributed by atoms with E-state index >= 15 is 0 Å². The Hall–Kier alpha value is -2.49. The number of hydrogen-bond donors (Lipinski definition) is 1. The highest BCUT2D eigenvalue weighted by molar-refractivity contribution is 5.94. The van der Waals surface area contributed by atoms with Gasteiger partial charge in [0, 0.05) is 5.56 Å². The summed E-state index contributed by atoms with van der Waals surface area (Å²) in [6, 6.07) is 13.2. The zero-order valence-electron chi connectivity index (χ0n) is 15.6. The fourth-order valence-electron chi connectivity index (χ4n) is 2.74. The summed E-state index contributed by atoms with van der Waals surface area (Å²) < 4.78 is 10.9. The minimum Gasteiger partial charge on any atom is -0.496 e. The van der Waals surface area contributed by atoms with E-state index in [9.17, 15) is 4.79 Å². The van der Waals surface area contributed by atoms with Crippen LogP contribution in [0, 0.1) is 6.92 Å². The summed E-state index contributed by atoms with van der Waals surface area (Å²) in [6.07, 6.45) is 0.925. The molecule has 0 aromatic heterocycles. The molecule has 0 fully saturated rings. The number of carbonyl (C=O) groups is 1. The first-order valence-electron chi connectivity index (χ1n) is 8.66. The molecule has 0 spiro atoms. The first-order valence-corrected chi connectivity index (χ1v) is 8.66. The Morgan fingerprint density at radius 1 is 1.12 bits per heavy atom. The van der Waals surface area contributed by atoms with E-state index in [1.54, 1.807) is 19.2 Å². The van der Waals surface area contributed by atoms with Gasteiger partial charge in [-0.15, -0.1) is 0 Å². The molecule has 0 saturated heterocycles. The van der Waals surface area contributed by atoms with Crippen molar-refractivity contribution >= 4 is 5.91 Å². The van der Waals surface area contributed by atoms with E-state index in [4.69, 9.17) is 9.47 Å². The lowest BCUT2D eigenvalue weighted by molar-refractivity contribution is 0.0935. The monoisotopic (exact) mass is 341 g/mol. The molecular formula is C21H27NO3. The van der Waals surface area contributed by atoms with Crippen LogP contribution in [0.2, 0.25) is 0 Å². The van der Waals surface area contributed by atoms with Crippen LogP contribution in [0.1, 0.15) is 54.7 Å². The number of nitrogens with one attached hydrogen (secondary N) is 1. The third-order valence-electron chi connectivity index (χ3n) is 4.02. The predicted molar refractivity (Wildman–Crippen MR) is 100 cm³/mol. The second-order valence-electron chi connectivity index (χ2n) is 6.35. The van der Waals surface area contributed by atoms with Crippen LogP contribution < -0.4 is 14.8 Å². The van der Waals surface area contributed by atoms with Crippen molar-refractivity contribution in [2.75, 3.05) is 7.11 Å². The molecule has 1 N–H and O–H groups in total. The van der Waals surface area contributed by atoms with Crippen molar-refractivity contribution < 1.29 is 14.3 Å². The molecule has 0 aliphatic rings. The molecule has 2 rings (SSSR count). The van der Waals surface area contributed by atoms with Gasteiger partial charge < -0.3 is 14.8 Å². The molecule has 2 aromatic carbocycles. The van der Waals surface area contributed by atoms with Gasteiger partial charge in [-0.3, -0.25) is 4.79 Å². The van der Waals surface area contributed by atoms with E-state index in [1.807, 2.05) is 45.0 Å². The van der Waals surface area contributed by atoms with Crippen molar-refractivity contribution in [2.45, 2.75) is 46.3 Å². The standard InChI is InChI=1S/C21H27NO3/c1-6-19(17-9-12-20(24-5)15(4)13-17)22-21(23)16-7-10-18(11-8-16)25-14(2)3/h7-14,19H,6H2,1-5H3,(H,22,23)/t19-/m1/s1. The van der Waals surface area contributed by atoms with Gasteiger partial charge in [-0.05, 0) is 68.7 Å². The normalized spacial score (nSPS) is 11.9. The molecular weight excluding hydrogens is 314 g/mol. The average molecular weight is 341 g/mol. The molecule has 0 aliphatic heterocycles. The van der Waals surface area contributed by atoms with E-state index in [0.717, 1.165) is 29.0 Å². The number of carbonyl (C=O) groups excluding carboxylic acids is 1. The van der Waals surface area contributed by atoms with Crippen LogP contribution in [-0.4, -0.2) is 19.1 Å². The lowest BCUT2D eigenvalue weighted by Crippen LogP contribution is -2.28. The van der Waals surface area contributed by atoms with E-state index in [-0.39, 0.29) is 18.1 Å². The van der Waals surface area contributed by atoms with Crippen LogP contribution in [0.15, 0.2) is 42.5 Å². The number of ether oxygens (including phenoxy) is 2. The molecule has 25 heavy (non-hydrogen) atoms. The molecule has 2 aromatic rings.